The Morgan fingerprint density at radius 2 is 2.00 bits per heavy atom. The first-order valence-electron chi connectivity index (χ1n) is 9.96. The summed E-state index contributed by atoms with van der Waals surface area (Å²) in [6.07, 6.45) is 7.70. The van der Waals surface area contributed by atoms with E-state index < -0.39 is 15.8 Å². The number of oxime groups is 1. The molecule has 2 N–H and O–H groups in total. The Morgan fingerprint density at radius 1 is 1.29 bits per heavy atom. The van der Waals surface area contributed by atoms with Crippen LogP contribution in [0.3, 0.4) is 0 Å². The number of carbonyl (C=O) groups excluding carboxylic acids is 1. The Balaban J connectivity index is 1.87. The van der Waals surface area contributed by atoms with E-state index in [9.17, 15) is 13.2 Å². The number of amides is 1. The van der Waals surface area contributed by atoms with Crippen molar-refractivity contribution >= 4 is 38.9 Å². The molecule has 1 aromatic heterocycles. The highest BCUT2D eigenvalue weighted by molar-refractivity contribution is 7.90. The van der Waals surface area contributed by atoms with Gasteiger partial charge in [-0.2, -0.15) is 0 Å². The number of nitrogens with one attached hydrogen (secondary N) is 1. The molecule has 166 valence electrons. The molecule has 0 radical (unpaired) electrons. The lowest BCUT2D eigenvalue weighted by Gasteiger charge is -2.27. The number of aryl methyl sites for hydroxylation is 1. The summed E-state index contributed by atoms with van der Waals surface area (Å²) in [7, 11) is -3.47. The Labute approximate surface area is 186 Å². The predicted molar refractivity (Wildman–Crippen MR) is 118 cm³/mol. The number of carbonyl (C=O) groups is 1. The first-order chi connectivity index (χ1) is 14.7. The molecule has 31 heavy (non-hydrogen) atoms. The molecule has 3 rings (SSSR count). The largest absolute Gasteiger partial charge is 0.411 e. The van der Waals surface area contributed by atoms with Crippen molar-refractivity contribution in [3.63, 3.8) is 0 Å². The maximum atomic E-state index is 13.2. The van der Waals surface area contributed by atoms with Crippen LogP contribution >= 0.6 is 11.6 Å². The number of hydrogen-bond donors (Lipinski definition) is 2. The quantitative estimate of drug-likeness (QED) is 0.492. The molecule has 0 bridgehead atoms. The summed E-state index contributed by atoms with van der Waals surface area (Å²) in [5.41, 5.74) is 2.14. The van der Waals surface area contributed by atoms with E-state index in [1.54, 1.807) is 25.3 Å². The smallest absolute Gasteiger partial charge is 0.233 e. The van der Waals surface area contributed by atoms with E-state index in [4.69, 9.17) is 16.8 Å². The topological polar surface area (TPSA) is 122 Å². The van der Waals surface area contributed by atoms with Crippen molar-refractivity contribution in [1.82, 2.24) is 9.97 Å². The van der Waals surface area contributed by atoms with Crippen molar-refractivity contribution < 1.29 is 18.4 Å². The van der Waals surface area contributed by atoms with Gasteiger partial charge < -0.3 is 10.5 Å². The molecule has 10 heteroatoms. The normalized spacial score (nSPS) is 17.8. The van der Waals surface area contributed by atoms with Crippen LogP contribution in [-0.2, 0) is 14.6 Å². The second-order valence-electron chi connectivity index (χ2n) is 7.89. The van der Waals surface area contributed by atoms with Gasteiger partial charge in [-0.15, -0.1) is 0 Å². The first kappa shape index (κ1) is 23.1. The van der Waals surface area contributed by atoms with Gasteiger partial charge in [0.05, 0.1) is 39.6 Å². The van der Waals surface area contributed by atoms with Gasteiger partial charge in [-0.05, 0) is 62.6 Å². The molecule has 1 aliphatic rings. The highest BCUT2D eigenvalue weighted by Crippen LogP contribution is 2.35. The van der Waals surface area contributed by atoms with E-state index in [1.165, 1.54) is 12.3 Å². The molecule has 1 atom stereocenters. The Hall–Kier alpha value is -2.52. The number of sulfone groups is 1. The van der Waals surface area contributed by atoms with Crippen LogP contribution in [0.4, 0.5) is 5.82 Å². The predicted octanol–water partition coefficient (Wildman–Crippen LogP) is 3.97. The molecule has 1 amide bonds. The molecule has 8 nitrogen and oxygen atoms in total. The van der Waals surface area contributed by atoms with Gasteiger partial charge in [0.15, 0.2) is 15.7 Å². The van der Waals surface area contributed by atoms with Gasteiger partial charge in [0.25, 0.3) is 0 Å². The molecular formula is C21H25ClN4O4S. The molecule has 2 aromatic rings. The van der Waals surface area contributed by atoms with Crippen LogP contribution in [0.1, 0.15) is 49.3 Å². The number of anilines is 1. The van der Waals surface area contributed by atoms with Crippen molar-refractivity contribution in [2.24, 2.45) is 11.1 Å². The zero-order chi connectivity index (χ0) is 22.6. The molecule has 1 heterocycles. The summed E-state index contributed by atoms with van der Waals surface area (Å²) in [4.78, 5) is 21.5. The van der Waals surface area contributed by atoms with Gasteiger partial charge in [-0.1, -0.05) is 22.8 Å². The van der Waals surface area contributed by atoms with Crippen LogP contribution in [0.25, 0.3) is 0 Å². The average molecular weight is 465 g/mol. The second-order valence-corrected chi connectivity index (χ2v) is 10.3. The summed E-state index contributed by atoms with van der Waals surface area (Å²) < 4.78 is 23.8. The van der Waals surface area contributed by atoms with E-state index in [1.807, 2.05) is 0 Å². The third-order valence-electron chi connectivity index (χ3n) is 5.50. The van der Waals surface area contributed by atoms with Crippen LogP contribution in [0.5, 0.6) is 0 Å². The fraction of sp³-hybridized carbons (Fsp3) is 0.429. The lowest BCUT2D eigenvalue weighted by Crippen LogP contribution is -2.26. The number of benzene rings is 1. The van der Waals surface area contributed by atoms with Crippen LogP contribution in [0.15, 0.2) is 40.6 Å². The fourth-order valence-electron chi connectivity index (χ4n) is 3.78. The van der Waals surface area contributed by atoms with Crippen molar-refractivity contribution in [3.05, 3.63) is 46.9 Å². The van der Waals surface area contributed by atoms with Gasteiger partial charge in [-0.25, -0.2) is 13.4 Å². The third-order valence-corrected chi connectivity index (χ3v) is 7.08. The lowest BCUT2D eigenvalue weighted by atomic mass is 9.79. The van der Waals surface area contributed by atoms with Gasteiger partial charge in [0, 0.05) is 6.26 Å². The van der Waals surface area contributed by atoms with Gasteiger partial charge in [0.2, 0.25) is 5.91 Å². The SMILES string of the molecule is Cc1cnc(NC(=O)C(CC2CCC(=NO)CC2)c2ccc(S(C)(=O)=O)c(Cl)c2)cn1. The number of hydrogen-bond acceptors (Lipinski definition) is 7. The molecular weight excluding hydrogens is 440 g/mol. The number of aromatic nitrogens is 2. The van der Waals surface area contributed by atoms with E-state index in [0.717, 1.165) is 30.5 Å². The maximum Gasteiger partial charge on any atom is 0.233 e. The van der Waals surface area contributed by atoms with Crippen LogP contribution < -0.4 is 5.32 Å². The molecule has 1 unspecified atom stereocenters. The van der Waals surface area contributed by atoms with Gasteiger partial charge in [0.1, 0.15) is 0 Å². The molecule has 1 aliphatic carbocycles. The van der Waals surface area contributed by atoms with E-state index in [0.29, 0.717) is 30.6 Å². The first-order valence-corrected chi connectivity index (χ1v) is 12.2. The van der Waals surface area contributed by atoms with Gasteiger partial charge >= 0.3 is 0 Å². The minimum atomic E-state index is -3.47. The zero-order valence-electron chi connectivity index (χ0n) is 17.4. The van der Waals surface area contributed by atoms with Crippen LogP contribution in [0.2, 0.25) is 5.02 Å². The zero-order valence-corrected chi connectivity index (χ0v) is 18.9. The molecule has 0 aliphatic heterocycles. The molecule has 1 fully saturated rings. The van der Waals surface area contributed by atoms with Crippen LogP contribution in [-0.4, -0.2) is 41.5 Å². The highest BCUT2D eigenvalue weighted by atomic mass is 35.5. The summed E-state index contributed by atoms with van der Waals surface area (Å²) in [6.45, 7) is 1.81. The molecule has 1 aromatic carbocycles. The summed E-state index contributed by atoms with van der Waals surface area (Å²) in [5.74, 6) is -0.216. The summed E-state index contributed by atoms with van der Waals surface area (Å²) in [5, 5.41) is 15.2. The third kappa shape index (κ3) is 6.01. The molecule has 0 saturated heterocycles. The fourth-order valence-corrected chi connectivity index (χ4v) is 5.12. The number of nitrogens with zero attached hydrogens (tertiary/aromatic N) is 3. The van der Waals surface area contributed by atoms with Gasteiger partial charge in [-0.3, -0.25) is 9.78 Å². The summed E-state index contributed by atoms with van der Waals surface area (Å²) >= 11 is 6.24. The standard InChI is InChI=1S/C21H25ClN4O4S/c1-13-11-24-20(12-23-13)25-21(27)17(9-14-3-6-16(26-28)7-4-14)15-5-8-19(18(22)10-15)31(2,29)30/h5,8,10-12,14,17,28H,3-4,6-7,9H2,1-2H3,(H,24,25,27). The Kier molecular flexibility index (Phi) is 7.27. The van der Waals surface area contributed by atoms with Crippen LogP contribution in [0, 0.1) is 12.8 Å². The monoisotopic (exact) mass is 464 g/mol. The van der Waals surface area contributed by atoms with Crippen molar-refractivity contribution in [1.29, 1.82) is 0 Å². The average Bonchev–Trinajstić information content (AvgIpc) is 2.73. The second kappa shape index (κ2) is 9.74. The molecule has 1 saturated carbocycles. The lowest BCUT2D eigenvalue weighted by molar-refractivity contribution is -0.118. The highest BCUT2D eigenvalue weighted by Gasteiger charge is 2.28. The maximum absolute atomic E-state index is 13.2. The Morgan fingerprint density at radius 3 is 2.55 bits per heavy atom. The van der Waals surface area contributed by atoms with Crippen molar-refractivity contribution in [2.75, 3.05) is 11.6 Å². The number of rotatable bonds is 6. The Bertz CT molecular complexity index is 1080. The van der Waals surface area contributed by atoms with Crippen molar-refractivity contribution in [3.8, 4) is 0 Å². The minimum Gasteiger partial charge on any atom is -0.411 e. The van der Waals surface area contributed by atoms with Crippen molar-refractivity contribution in [2.45, 2.75) is 49.8 Å². The molecule has 0 spiro atoms. The van der Waals surface area contributed by atoms with E-state index in [-0.39, 0.29) is 21.7 Å². The van der Waals surface area contributed by atoms with E-state index in [2.05, 4.69) is 20.4 Å². The summed E-state index contributed by atoms with van der Waals surface area (Å²) in [6, 6.07) is 4.62. The number of halogens is 1. The minimum absolute atomic E-state index is 0.0305. The van der Waals surface area contributed by atoms with E-state index >= 15 is 0 Å².